The Hall–Kier alpha value is -2.27. The van der Waals surface area contributed by atoms with Gasteiger partial charge in [0.1, 0.15) is 5.75 Å². The fourth-order valence-corrected chi connectivity index (χ4v) is 3.44. The maximum atomic E-state index is 12.8. The van der Waals surface area contributed by atoms with Gasteiger partial charge in [0, 0.05) is 42.7 Å². The topological polar surface area (TPSA) is 54.7 Å². The second kappa shape index (κ2) is 6.69. The van der Waals surface area contributed by atoms with Crippen LogP contribution in [0.5, 0.6) is 5.75 Å². The SMILES string of the molecule is COc1ccc(-n2c(C)cc(C(=O)N3CCC(CO)C3)c2C)cc1. The molecule has 1 fully saturated rings. The van der Waals surface area contributed by atoms with Crippen molar-refractivity contribution in [1.82, 2.24) is 9.47 Å². The Kier molecular flexibility index (Phi) is 4.62. The van der Waals surface area contributed by atoms with Crippen molar-refractivity contribution in [3.05, 3.63) is 47.3 Å². The number of rotatable bonds is 4. The molecule has 0 saturated carbocycles. The standard InChI is InChI=1S/C19H24N2O3/c1-13-10-18(19(23)20-9-8-15(11-20)12-22)14(2)21(13)16-4-6-17(24-3)7-5-16/h4-7,10,15,22H,8-9,11-12H2,1-3H3. The number of carbonyl (C=O) groups excluding carboxylic acids is 1. The van der Waals surface area contributed by atoms with Gasteiger partial charge < -0.3 is 19.3 Å². The Bertz CT molecular complexity index is 734. The number of aliphatic hydroxyl groups is 1. The number of nitrogens with zero attached hydrogens (tertiary/aromatic N) is 2. The normalized spacial score (nSPS) is 17.3. The molecule has 3 rings (SSSR count). The largest absolute Gasteiger partial charge is 0.497 e. The molecule has 1 saturated heterocycles. The molecule has 0 aliphatic carbocycles. The zero-order valence-electron chi connectivity index (χ0n) is 14.5. The Morgan fingerprint density at radius 2 is 2.00 bits per heavy atom. The van der Waals surface area contributed by atoms with E-state index in [0.717, 1.165) is 41.4 Å². The van der Waals surface area contributed by atoms with E-state index in [4.69, 9.17) is 4.74 Å². The summed E-state index contributed by atoms with van der Waals surface area (Å²) in [6.45, 7) is 5.49. The summed E-state index contributed by atoms with van der Waals surface area (Å²) in [4.78, 5) is 14.7. The van der Waals surface area contributed by atoms with Crippen molar-refractivity contribution in [1.29, 1.82) is 0 Å². The van der Waals surface area contributed by atoms with Crippen LogP contribution < -0.4 is 4.74 Å². The lowest BCUT2D eigenvalue weighted by atomic mass is 10.1. The molecule has 0 spiro atoms. The maximum absolute atomic E-state index is 12.8. The van der Waals surface area contributed by atoms with Crippen LogP contribution in [0.3, 0.4) is 0 Å². The summed E-state index contributed by atoms with van der Waals surface area (Å²) < 4.78 is 7.30. The zero-order valence-corrected chi connectivity index (χ0v) is 14.5. The molecule has 1 aliphatic rings. The van der Waals surface area contributed by atoms with E-state index in [0.29, 0.717) is 6.54 Å². The molecule has 1 amide bonds. The average molecular weight is 328 g/mol. The van der Waals surface area contributed by atoms with E-state index in [1.54, 1.807) is 7.11 Å². The van der Waals surface area contributed by atoms with Gasteiger partial charge in [0.05, 0.1) is 12.7 Å². The molecule has 5 nitrogen and oxygen atoms in total. The Balaban J connectivity index is 1.90. The van der Waals surface area contributed by atoms with Crippen LogP contribution >= 0.6 is 0 Å². The molecule has 1 aliphatic heterocycles. The van der Waals surface area contributed by atoms with Gasteiger partial charge in [-0.05, 0) is 50.6 Å². The third-order valence-corrected chi connectivity index (χ3v) is 4.82. The second-order valence-electron chi connectivity index (χ2n) is 6.41. The minimum Gasteiger partial charge on any atom is -0.497 e. The smallest absolute Gasteiger partial charge is 0.255 e. The summed E-state index contributed by atoms with van der Waals surface area (Å²) in [7, 11) is 1.65. The summed E-state index contributed by atoms with van der Waals surface area (Å²) in [5, 5.41) is 9.28. The minimum absolute atomic E-state index is 0.0545. The van der Waals surface area contributed by atoms with Crippen molar-refractivity contribution in [2.45, 2.75) is 20.3 Å². The van der Waals surface area contributed by atoms with Crippen LogP contribution in [0.25, 0.3) is 5.69 Å². The van der Waals surface area contributed by atoms with E-state index in [1.165, 1.54) is 0 Å². The third kappa shape index (κ3) is 2.91. The summed E-state index contributed by atoms with van der Waals surface area (Å²) in [6.07, 6.45) is 0.874. The summed E-state index contributed by atoms with van der Waals surface area (Å²) in [6, 6.07) is 9.77. The van der Waals surface area contributed by atoms with Crippen LogP contribution in [0.15, 0.2) is 30.3 Å². The van der Waals surface area contributed by atoms with E-state index in [1.807, 2.05) is 49.1 Å². The first-order chi connectivity index (χ1) is 11.5. The van der Waals surface area contributed by atoms with Crippen LogP contribution in [0.1, 0.15) is 28.2 Å². The minimum atomic E-state index is 0.0545. The molecule has 2 aromatic rings. The molecule has 0 radical (unpaired) electrons. The first-order valence-corrected chi connectivity index (χ1v) is 8.28. The molecule has 1 unspecified atom stereocenters. The van der Waals surface area contributed by atoms with Crippen molar-refractivity contribution in [2.24, 2.45) is 5.92 Å². The molecule has 2 heterocycles. The van der Waals surface area contributed by atoms with Crippen LogP contribution in [0, 0.1) is 19.8 Å². The maximum Gasteiger partial charge on any atom is 0.255 e. The van der Waals surface area contributed by atoms with Gasteiger partial charge in [-0.3, -0.25) is 4.79 Å². The lowest BCUT2D eigenvalue weighted by Gasteiger charge is -2.16. The highest BCUT2D eigenvalue weighted by Crippen LogP contribution is 2.25. The van der Waals surface area contributed by atoms with Crippen LogP contribution in [0.2, 0.25) is 0 Å². The average Bonchev–Trinajstić information content (AvgIpc) is 3.19. The van der Waals surface area contributed by atoms with Crippen molar-refractivity contribution in [2.75, 3.05) is 26.8 Å². The molecule has 1 aromatic heterocycles. The zero-order chi connectivity index (χ0) is 17.3. The van der Waals surface area contributed by atoms with Crippen molar-refractivity contribution >= 4 is 5.91 Å². The molecule has 1 N–H and O–H groups in total. The number of methoxy groups -OCH3 is 1. The molecule has 1 aromatic carbocycles. The number of aryl methyl sites for hydroxylation is 1. The van der Waals surface area contributed by atoms with E-state index in [9.17, 15) is 9.90 Å². The third-order valence-electron chi connectivity index (χ3n) is 4.82. The van der Waals surface area contributed by atoms with Gasteiger partial charge in [0.15, 0.2) is 0 Å². The number of aliphatic hydroxyl groups excluding tert-OH is 1. The number of likely N-dealkylation sites (tertiary alicyclic amines) is 1. The Morgan fingerprint density at radius 1 is 1.29 bits per heavy atom. The van der Waals surface area contributed by atoms with Gasteiger partial charge in [-0.2, -0.15) is 0 Å². The molecule has 24 heavy (non-hydrogen) atoms. The van der Waals surface area contributed by atoms with Crippen LogP contribution in [-0.4, -0.2) is 47.3 Å². The summed E-state index contributed by atoms with van der Waals surface area (Å²) in [5.74, 6) is 1.07. The first-order valence-electron chi connectivity index (χ1n) is 8.28. The van der Waals surface area contributed by atoms with E-state index >= 15 is 0 Å². The van der Waals surface area contributed by atoms with E-state index < -0.39 is 0 Å². The number of hydrogen-bond acceptors (Lipinski definition) is 3. The van der Waals surface area contributed by atoms with E-state index in [-0.39, 0.29) is 18.4 Å². The summed E-state index contributed by atoms with van der Waals surface area (Å²) in [5.41, 5.74) is 3.72. The predicted octanol–water partition coefficient (Wildman–Crippen LogP) is 2.56. The van der Waals surface area contributed by atoms with Gasteiger partial charge >= 0.3 is 0 Å². The monoisotopic (exact) mass is 328 g/mol. The highest BCUT2D eigenvalue weighted by atomic mass is 16.5. The quantitative estimate of drug-likeness (QED) is 0.938. The number of hydrogen-bond donors (Lipinski definition) is 1. The number of ether oxygens (including phenoxy) is 1. The van der Waals surface area contributed by atoms with Crippen LogP contribution in [0.4, 0.5) is 0 Å². The van der Waals surface area contributed by atoms with Gasteiger partial charge in [0.25, 0.3) is 5.91 Å². The number of aromatic nitrogens is 1. The molecule has 5 heteroatoms. The van der Waals surface area contributed by atoms with Gasteiger partial charge in [0.2, 0.25) is 0 Å². The number of amides is 1. The second-order valence-corrected chi connectivity index (χ2v) is 6.41. The van der Waals surface area contributed by atoms with Gasteiger partial charge in [-0.15, -0.1) is 0 Å². The van der Waals surface area contributed by atoms with Crippen molar-refractivity contribution in [3.8, 4) is 11.4 Å². The van der Waals surface area contributed by atoms with Crippen LogP contribution in [-0.2, 0) is 0 Å². The van der Waals surface area contributed by atoms with Crippen molar-refractivity contribution < 1.29 is 14.6 Å². The van der Waals surface area contributed by atoms with E-state index in [2.05, 4.69) is 4.57 Å². The van der Waals surface area contributed by atoms with Crippen molar-refractivity contribution in [3.63, 3.8) is 0 Å². The fraction of sp³-hybridized carbons (Fsp3) is 0.421. The number of benzene rings is 1. The molecular weight excluding hydrogens is 304 g/mol. The molecule has 0 bridgehead atoms. The highest BCUT2D eigenvalue weighted by Gasteiger charge is 2.28. The Morgan fingerprint density at radius 3 is 2.58 bits per heavy atom. The predicted molar refractivity (Wildman–Crippen MR) is 92.9 cm³/mol. The van der Waals surface area contributed by atoms with Gasteiger partial charge in [-0.1, -0.05) is 0 Å². The highest BCUT2D eigenvalue weighted by molar-refractivity contribution is 5.96. The molecular formula is C19H24N2O3. The summed E-state index contributed by atoms with van der Waals surface area (Å²) >= 11 is 0. The first kappa shape index (κ1) is 16.6. The Labute approximate surface area is 142 Å². The molecule has 128 valence electrons. The number of carbonyl (C=O) groups is 1. The van der Waals surface area contributed by atoms with Gasteiger partial charge in [-0.25, -0.2) is 0 Å². The lowest BCUT2D eigenvalue weighted by molar-refractivity contribution is 0.0781. The molecule has 1 atom stereocenters. The lowest BCUT2D eigenvalue weighted by Crippen LogP contribution is -2.29. The fourth-order valence-electron chi connectivity index (χ4n) is 3.44.